The van der Waals surface area contributed by atoms with Gasteiger partial charge >= 0.3 is 24.0 Å². The van der Waals surface area contributed by atoms with Crippen LogP contribution in [0.1, 0.15) is 52.4 Å². The van der Waals surface area contributed by atoms with Gasteiger partial charge in [0, 0.05) is 60.8 Å². The number of rotatable bonds is 18. The Morgan fingerprint density at radius 1 is 0.218 bits per heavy atom. The maximum absolute atomic E-state index is 10.6. The van der Waals surface area contributed by atoms with Crippen LogP contribution in [0.15, 0.2) is 364 Å². The van der Waals surface area contributed by atoms with Gasteiger partial charge in [-0.1, -0.05) is 285 Å². The van der Waals surface area contributed by atoms with E-state index in [0.717, 1.165) is 126 Å². The predicted octanol–water partition coefficient (Wildman–Crippen LogP) is 27.3. The lowest BCUT2D eigenvalue weighted by Crippen LogP contribution is -2.26. The molecule has 23 heteroatoms. The van der Waals surface area contributed by atoms with E-state index in [-0.39, 0.29) is 71.5 Å². The Morgan fingerprint density at radius 2 is 0.544 bits per heavy atom. The molecule has 23 aromatic rings. The van der Waals surface area contributed by atoms with Crippen LogP contribution in [0.3, 0.4) is 0 Å². The molecule has 0 radical (unpaired) electrons. The summed E-state index contributed by atoms with van der Waals surface area (Å²) in [6, 6.07) is 122. The molecule has 3 saturated heterocycles. The Labute approximate surface area is 845 Å². The molecule has 0 atom stereocenters. The third-order valence-corrected chi connectivity index (χ3v) is 26.9. The Balaban J connectivity index is 0.000000108. The van der Waals surface area contributed by atoms with Crippen molar-refractivity contribution in [2.75, 3.05) is 39.6 Å². The van der Waals surface area contributed by atoms with Crippen molar-refractivity contribution in [3.05, 3.63) is 364 Å². The van der Waals surface area contributed by atoms with E-state index in [4.69, 9.17) is 73.0 Å². The minimum Gasteiger partial charge on any atom is -0.507 e. The third-order valence-electron chi connectivity index (χ3n) is 26.9. The number of ether oxygens (including phenoxy) is 7. The zero-order chi connectivity index (χ0) is 99.2. The summed E-state index contributed by atoms with van der Waals surface area (Å²) in [6.07, 6.45) is 4.52. The number of phenols is 4. The van der Waals surface area contributed by atoms with Crippen molar-refractivity contribution in [2.45, 2.75) is 76.8 Å². The van der Waals surface area contributed by atoms with Crippen molar-refractivity contribution in [2.24, 2.45) is 0 Å². The molecule has 147 heavy (non-hydrogen) atoms. The van der Waals surface area contributed by atoms with Gasteiger partial charge in [0.1, 0.15) is 41.3 Å². The molecule has 4 N–H and O–H groups in total. The lowest BCUT2D eigenvalue weighted by atomic mass is 9.85. The van der Waals surface area contributed by atoms with Gasteiger partial charge in [-0.3, -0.25) is 0 Å². The van der Waals surface area contributed by atoms with Crippen LogP contribution in [-0.2, 0) is 14.2 Å². The van der Waals surface area contributed by atoms with Gasteiger partial charge in [0.2, 0.25) is 0 Å². The summed E-state index contributed by atoms with van der Waals surface area (Å²) in [6.45, 7) is 7.81. The zero-order valence-electron chi connectivity index (χ0n) is 80.4. The summed E-state index contributed by atoms with van der Waals surface area (Å²) >= 11 is 0. The van der Waals surface area contributed by atoms with Crippen LogP contribution in [0.25, 0.3) is 210 Å². The molecule has 3 aliphatic rings. The Bertz CT molecular complexity index is 8820. The van der Waals surface area contributed by atoms with Crippen LogP contribution in [0.4, 0.5) is 0 Å². The molecule has 0 spiro atoms. The summed E-state index contributed by atoms with van der Waals surface area (Å²) in [5.74, 6) is 3.93. The fourth-order valence-corrected chi connectivity index (χ4v) is 19.8. The number of hydrogen-bond donors (Lipinski definition) is 4. The quantitative estimate of drug-likeness (QED) is 0.0458. The summed E-state index contributed by atoms with van der Waals surface area (Å²) in [7, 11) is 0. The first-order valence-corrected chi connectivity index (χ1v) is 49.5. The van der Waals surface area contributed by atoms with E-state index in [1.165, 1.54) is 54.0 Å². The minimum absolute atomic E-state index is 0.0160. The second-order valence-electron chi connectivity index (χ2n) is 36.8. The van der Waals surface area contributed by atoms with Crippen LogP contribution in [0.5, 0.6) is 47.0 Å². The number of phenolic OH excluding ortho intramolecular Hbond substituents is 4. The molecule has 23 nitrogen and oxygen atoms in total. The summed E-state index contributed by atoms with van der Waals surface area (Å²) in [5, 5.41) is 62.7. The van der Waals surface area contributed by atoms with Crippen molar-refractivity contribution >= 4 is 97.0 Å². The van der Waals surface area contributed by atoms with Crippen LogP contribution >= 0.6 is 0 Å². The Morgan fingerprint density at radius 3 is 1.03 bits per heavy atom. The molecular formula is C124H98N12O11. The van der Waals surface area contributed by atoms with Crippen molar-refractivity contribution in [1.82, 2.24) is 59.8 Å². The highest BCUT2D eigenvalue weighted by atomic mass is 16.5. The molecule has 7 heterocycles. The Kier molecular flexibility index (Phi) is 26.2. The van der Waals surface area contributed by atoms with Gasteiger partial charge in [-0.25, -0.2) is 19.9 Å². The number of para-hydroxylation sites is 4. The molecule has 26 rings (SSSR count). The van der Waals surface area contributed by atoms with Gasteiger partial charge in [-0.05, 0) is 212 Å². The third kappa shape index (κ3) is 19.6. The maximum Gasteiger partial charge on any atom is 0.320 e. The molecular weight excluding hydrogens is 1830 g/mol. The van der Waals surface area contributed by atoms with Crippen molar-refractivity contribution in [3.63, 3.8) is 0 Å². The molecule has 3 aliphatic heterocycles. The highest BCUT2D eigenvalue weighted by Gasteiger charge is 2.29. The highest BCUT2D eigenvalue weighted by molar-refractivity contribution is 6.26. The van der Waals surface area contributed by atoms with Crippen molar-refractivity contribution < 1.29 is 53.6 Å². The van der Waals surface area contributed by atoms with E-state index in [1.54, 1.807) is 72.8 Å². The van der Waals surface area contributed by atoms with E-state index in [0.29, 0.717) is 108 Å². The van der Waals surface area contributed by atoms with Gasteiger partial charge in [-0.15, -0.1) is 0 Å². The average Bonchev–Trinajstić information content (AvgIpc) is 0.730. The largest absolute Gasteiger partial charge is 0.507 e. The number of aromatic nitrogens is 12. The van der Waals surface area contributed by atoms with Crippen LogP contribution in [-0.4, -0.2) is 144 Å². The van der Waals surface area contributed by atoms with Gasteiger partial charge in [0.15, 0.2) is 46.6 Å². The molecule has 0 saturated carbocycles. The smallest absolute Gasteiger partial charge is 0.320 e. The molecule has 0 bridgehead atoms. The maximum atomic E-state index is 10.6. The fraction of sp³-hybridized carbons (Fsp3) is 0.145. The van der Waals surface area contributed by atoms with E-state index >= 15 is 0 Å². The minimum atomic E-state index is -0.131. The van der Waals surface area contributed by atoms with E-state index in [1.807, 2.05) is 98.8 Å². The standard InChI is InChI=1S/C38H29N3O2.C30H23N3O3.2C28H23N3O3/c1-24(2)43-38-40-36(39-37(41-38)31-19-11-12-20-33(31)42)27-21-22-30-32(23-27)35(26-15-7-4-8-16-26)29-18-10-9-17-28(29)34(30)25-13-5-3-6-14-25;34-25-7-2-1-6-24(25)29-31-28(32-30(33-29)36-21-14-16-35-17-15-21)23-13-11-20-9-8-18-4-3-5-19-10-12-22(23)27(20)26(18)19;32-25-12-6-5-11-23(25)26-29-27(31-28(30-26)34-19-13-15-33-16-14-19)24-17-18-7-1-2-8-20(18)21-9-3-4-10-22(21)24;32-25-11-4-3-9-23(25)27-29-26(30-28(31-27)34-21-12-14-33-15-13-21)22-10-5-8-20-16-18-6-1-2-7-19(18)17-24(20)22/h3-24,42H,1-2H3;1-13,21,34H,14-17H2;1-12,17,19,32H,13-16H2;1-11,16-17,21,32H,12-15H2. The van der Waals surface area contributed by atoms with Gasteiger partial charge in [-0.2, -0.15) is 39.9 Å². The molecule has 4 aromatic heterocycles. The van der Waals surface area contributed by atoms with Crippen molar-refractivity contribution in [1.29, 1.82) is 0 Å². The predicted molar refractivity (Wildman–Crippen MR) is 578 cm³/mol. The van der Waals surface area contributed by atoms with E-state index in [2.05, 4.69) is 226 Å². The summed E-state index contributed by atoms with van der Waals surface area (Å²) < 4.78 is 40.9. The Hall–Kier alpha value is -17.9. The highest BCUT2D eigenvalue weighted by Crippen LogP contribution is 2.48. The number of hydrogen-bond acceptors (Lipinski definition) is 23. The second kappa shape index (κ2) is 41.6. The number of benzene rings is 19. The molecule has 0 aliphatic carbocycles. The fourth-order valence-electron chi connectivity index (χ4n) is 19.8. The number of nitrogens with zero attached hydrogens (tertiary/aromatic N) is 12. The lowest BCUT2D eigenvalue weighted by molar-refractivity contribution is 0.0214. The summed E-state index contributed by atoms with van der Waals surface area (Å²) in [4.78, 5) is 56.5. The van der Waals surface area contributed by atoms with E-state index < -0.39 is 0 Å². The first-order valence-electron chi connectivity index (χ1n) is 49.5. The van der Waals surface area contributed by atoms with Crippen LogP contribution in [0.2, 0.25) is 0 Å². The van der Waals surface area contributed by atoms with Crippen LogP contribution < -0.4 is 18.9 Å². The second-order valence-corrected chi connectivity index (χ2v) is 36.8. The molecule has 3 fully saturated rings. The first-order chi connectivity index (χ1) is 72.3. The molecule has 0 amide bonds. The summed E-state index contributed by atoms with van der Waals surface area (Å²) in [5.41, 5.74) is 10.3. The van der Waals surface area contributed by atoms with Gasteiger partial charge in [0.25, 0.3) is 0 Å². The topological polar surface area (TPSA) is 300 Å². The SMILES string of the molecule is CC(C)Oc1nc(-c2ccc3c(-c4ccccc4)c4ccccc4c(-c4ccccc4)c3c2)nc(-c2ccccc2O)n1.Oc1ccccc1-c1nc(OC2CCOCC2)nc(-c2cc3ccccc3c3ccccc23)n1.Oc1ccccc1-c1nc(OC2CCOCC2)nc(-c2ccc3ccc4cccc5ccc2c3c45)n1.Oc1ccccc1-c1nc(OC2CCOCC2)nc(-c2cccc3cc4ccccc4cc23)n1. The molecule has 19 aromatic carbocycles. The van der Waals surface area contributed by atoms with E-state index in [9.17, 15) is 20.4 Å². The number of fused-ring (bicyclic) bond motifs is 7. The lowest BCUT2D eigenvalue weighted by Gasteiger charge is -2.22. The van der Waals surface area contributed by atoms with Gasteiger partial charge in [0.05, 0.1) is 68.0 Å². The van der Waals surface area contributed by atoms with Crippen LogP contribution in [0, 0.1) is 0 Å². The first kappa shape index (κ1) is 92.8. The zero-order valence-corrected chi connectivity index (χ0v) is 80.4. The van der Waals surface area contributed by atoms with Gasteiger partial charge < -0.3 is 53.6 Å². The molecule has 720 valence electrons. The average molecular weight is 1930 g/mol. The molecule has 0 unspecified atom stereocenters. The number of aromatic hydroxyl groups is 4. The van der Waals surface area contributed by atoms with Crippen molar-refractivity contribution in [3.8, 4) is 160 Å². The monoisotopic (exact) mass is 1930 g/mol. The normalized spacial score (nSPS) is 13.6.